The molecule has 128 valence electrons. The van der Waals surface area contributed by atoms with Crippen molar-refractivity contribution in [2.75, 3.05) is 6.54 Å². The van der Waals surface area contributed by atoms with E-state index >= 15 is 0 Å². The summed E-state index contributed by atoms with van der Waals surface area (Å²) in [4.78, 5) is 13.7. The molecule has 0 aliphatic carbocycles. The Balaban J connectivity index is 1.64. The molecule has 0 radical (unpaired) electrons. The number of nitrogens with zero attached hydrogens (tertiary/aromatic N) is 1. The molecule has 1 amide bonds. The Labute approximate surface area is 160 Å². The van der Waals surface area contributed by atoms with Gasteiger partial charge in [-0.15, -0.1) is 0 Å². The first-order valence-corrected chi connectivity index (χ1v) is 9.09. The highest BCUT2D eigenvalue weighted by molar-refractivity contribution is 9.10. The summed E-state index contributed by atoms with van der Waals surface area (Å²) in [7, 11) is 0. The van der Waals surface area contributed by atoms with Crippen LogP contribution >= 0.6 is 28.1 Å². The molecule has 6 heteroatoms. The van der Waals surface area contributed by atoms with E-state index in [1.54, 1.807) is 6.08 Å². The van der Waals surface area contributed by atoms with Gasteiger partial charge < -0.3 is 10.1 Å². The summed E-state index contributed by atoms with van der Waals surface area (Å²) in [6.07, 6.45) is 1.79. The fraction of sp³-hybridized carbons (Fsp3) is 0.158. The Hall–Kier alpha value is -2.18. The lowest BCUT2D eigenvalue weighted by Gasteiger charge is -2.09. The third-order valence-electron chi connectivity index (χ3n) is 3.79. The van der Waals surface area contributed by atoms with Gasteiger partial charge in [-0.3, -0.25) is 9.69 Å². The van der Waals surface area contributed by atoms with Crippen LogP contribution in [0.3, 0.4) is 0 Å². The van der Waals surface area contributed by atoms with Gasteiger partial charge in [0.15, 0.2) is 5.11 Å². The second-order valence-electron chi connectivity index (χ2n) is 5.52. The minimum Gasteiger partial charge on any atom is -0.489 e. The molecule has 0 aromatic heterocycles. The monoisotopic (exact) mass is 416 g/mol. The second-order valence-corrected chi connectivity index (χ2v) is 6.82. The van der Waals surface area contributed by atoms with Crippen molar-refractivity contribution in [1.82, 2.24) is 10.2 Å². The number of hydrogen-bond donors (Lipinski definition) is 1. The maximum Gasteiger partial charge on any atom is 0.276 e. The quantitative estimate of drug-likeness (QED) is 0.588. The summed E-state index contributed by atoms with van der Waals surface area (Å²) in [5.41, 5.74) is 2.51. The number of thiocarbonyl (C=S) groups is 1. The van der Waals surface area contributed by atoms with E-state index in [0.29, 0.717) is 24.0 Å². The van der Waals surface area contributed by atoms with E-state index in [2.05, 4.69) is 21.2 Å². The fourth-order valence-corrected chi connectivity index (χ4v) is 3.02. The molecule has 25 heavy (non-hydrogen) atoms. The van der Waals surface area contributed by atoms with E-state index in [0.717, 1.165) is 21.3 Å². The Morgan fingerprint density at radius 2 is 1.84 bits per heavy atom. The van der Waals surface area contributed by atoms with Gasteiger partial charge in [0.05, 0.1) is 0 Å². The number of hydrogen-bond acceptors (Lipinski definition) is 3. The smallest absolute Gasteiger partial charge is 0.276 e. The van der Waals surface area contributed by atoms with Gasteiger partial charge in [-0.1, -0.05) is 40.2 Å². The molecule has 1 saturated heterocycles. The number of likely N-dealkylation sites (N-methyl/N-ethyl adjacent to an activating group) is 1. The largest absolute Gasteiger partial charge is 0.489 e. The van der Waals surface area contributed by atoms with E-state index in [-0.39, 0.29) is 5.91 Å². The molecule has 2 aromatic carbocycles. The zero-order chi connectivity index (χ0) is 17.8. The van der Waals surface area contributed by atoms with E-state index < -0.39 is 0 Å². The van der Waals surface area contributed by atoms with Crippen molar-refractivity contribution in [3.05, 3.63) is 69.8 Å². The topological polar surface area (TPSA) is 41.6 Å². The molecule has 1 heterocycles. The minimum absolute atomic E-state index is 0.0944. The SMILES string of the molecule is CCN1C(=O)C(=Cc2ccc(OCc3ccc(Br)cc3)cc2)NC1=S. The van der Waals surface area contributed by atoms with E-state index in [1.165, 1.54) is 4.90 Å². The fourth-order valence-electron chi connectivity index (χ4n) is 2.43. The van der Waals surface area contributed by atoms with Crippen LogP contribution in [0.2, 0.25) is 0 Å². The number of halogens is 1. The Morgan fingerprint density at radius 1 is 1.16 bits per heavy atom. The average molecular weight is 417 g/mol. The van der Waals surface area contributed by atoms with Crippen LogP contribution < -0.4 is 10.1 Å². The Bertz CT molecular complexity index is 816. The summed E-state index contributed by atoms with van der Waals surface area (Å²) >= 11 is 8.56. The van der Waals surface area contributed by atoms with Crippen LogP contribution in [0.4, 0.5) is 0 Å². The van der Waals surface area contributed by atoms with Gasteiger partial charge in [-0.2, -0.15) is 0 Å². The molecule has 1 fully saturated rings. The Kier molecular flexibility index (Phi) is 5.50. The van der Waals surface area contributed by atoms with E-state index in [1.807, 2.05) is 55.5 Å². The number of carbonyl (C=O) groups excluding carboxylic acids is 1. The zero-order valence-corrected chi connectivity index (χ0v) is 16.1. The summed E-state index contributed by atoms with van der Waals surface area (Å²) in [6.45, 7) is 2.96. The molecule has 0 saturated carbocycles. The van der Waals surface area contributed by atoms with Crippen molar-refractivity contribution in [3.63, 3.8) is 0 Å². The van der Waals surface area contributed by atoms with Gasteiger partial charge in [-0.25, -0.2) is 0 Å². The van der Waals surface area contributed by atoms with E-state index in [9.17, 15) is 4.79 Å². The summed E-state index contributed by atoms with van der Waals surface area (Å²) in [5, 5.41) is 3.40. The first-order valence-electron chi connectivity index (χ1n) is 7.88. The number of ether oxygens (including phenoxy) is 1. The van der Waals surface area contributed by atoms with Gasteiger partial charge in [0, 0.05) is 11.0 Å². The number of nitrogens with one attached hydrogen (secondary N) is 1. The van der Waals surface area contributed by atoms with Crippen molar-refractivity contribution in [2.24, 2.45) is 0 Å². The number of carbonyl (C=O) groups is 1. The molecule has 0 unspecified atom stereocenters. The number of rotatable bonds is 5. The molecule has 0 atom stereocenters. The Morgan fingerprint density at radius 3 is 2.44 bits per heavy atom. The van der Waals surface area contributed by atoms with Crippen molar-refractivity contribution >= 4 is 45.2 Å². The standard InChI is InChI=1S/C19H17BrN2O2S/c1-2-22-18(23)17(21-19(22)25)11-13-5-9-16(10-6-13)24-12-14-3-7-15(20)8-4-14/h3-11H,2,12H2,1H3,(H,21,25). The highest BCUT2D eigenvalue weighted by atomic mass is 79.9. The molecule has 1 N–H and O–H groups in total. The minimum atomic E-state index is -0.0944. The maximum absolute atomic E-state index is 12.2. The highest BCUT2D eigenvalue weighted by Gasteiger charge is 2.28. The van der Waals surface area contributed by atoms with Crippen molar-refractivity contribution in [3.8, 4) is 5.75 Å². The third-order valence-corrected chi connectivity index (χ3v) is 4.64. The predicted molar refractivity (Wildman–Crippen MR) is 106 cm³/mol. The van der Waals surface area contributed by atoms with Gasteiger partial charge >= 0.3 is 0 Å². The van der Waals surface area contributed by atoms with Crippen LogP contribution in [0.25, 0.3) is 6.08 Å². The van der Waals surface area contributed by atoms with Crippen LogP contribution in [-0.4, -0.2) is 22.5 Å². The van der Waals surface area contributed by atoms with Crippen LogP contribution in [0.5, 0.6) is 5.75 Å². The highest BCUT2D eigenvalue weighted by Crippen LogP contribution is 2.19. The lowest BCUT2D eigenvalue weighted by molar-refractivity contribution is -0.122. The molecular formula is C19H17BrN2O2S. The third kappa shape index (κ3) is 4.27. The van der Waals surface area contributed by atoms with Gasteiger partial charge in [-0.05, 0) is 60.6 Å². The van der Waals surface area contributed by atoms with Crippen molar-refractivity contribution in [2.45, 2.75) is 13.5 Å². The van der Waals surface area contributed by atoms with Gasteiger partial charge in [0.1, 0.15) is 18.1 Å². The average Bonchev–Trinajstić information content (AvgIpc) is 2.88. The number of benzene rings is 2. The zero-order valence-electron chi connectivity index (χ0n) is 13.7. The molecule has 4 nitrogen and oxygen atoms in total. The maximum atomic E-state index is 12.2. The lowest BCUT2D eigenvalue weighted by atomic mass is 10.2. The summed E-state index contributed by atoms with van der Waals surface area (Å²) < 4.78 is 6.83. The van der Waals surface area contributed by atoms with Gasteiger partial charge in [0.25, 0.3) is 5.91 Å². The predicted octanol–water partition coefficient (Wildman–Crippen LogP) is 4.11. The second kappa shape index (κ2) is 7.80. The summed E-state index contributed by atoms with van der Waals surface area (Å²) in [6, 6.07) is 15.6. The van der Waals surface area contributed by atoms with Crippen molar-refractivity contribution in [1.29, 1.82) is 0 Å². The lowest BCUT2D eigenvalue weighted by Crippen LogP contribution is -2.30. The normalized spacial score (nSPS) is 15.6. The molecular weight excluding hydrogens is 400 g/mol. The first-order chi connectivity index (χ1) is 12.1. The van der Waals surface area contributed by atoms with Crippen LogP contribution in [0.1, 0.15) is 18.1 Å². The first kappa shape index (κ1) is 17.6. The molecule has 0 spiro atoms. The van der Waals surface area contributed by atoms with Crippen LogP contribution in [0, 0.1) is 0 Å². The van der Waals surface area contributed by atoms with Crippen LogP contribution in [-0.2, 0) is 11.4 Å². The molecule has 2 aromatic rings. The molecule has 1 aliphatic rings. The van der Waals surface area contributed by atoms with E-state index in [4.69, 9.17) is 17.0 Å². The molecule has 1 aliphatic heterocycles. The molecule has 3 rings (SSSR count). The van der Waals surface area contributed by atoms with Gasteiger partial charge in [0.2, 0.25) is 0 Å². The summed E-state index contributed by atoms with van der Waals surface area (Å²) in [5.74, 6) is 0.685. The van der Waals surface area contributed by atoms with Crippen molar-refractivity contribution < 1.29 is 9.53 Å². The molecule has 0 bridgehead atoms. The number of amides is 1. The van der Waals surface area contributed by atoms with Crippen LogP contribution in [0.15, 0.2) is 58.7 Å².